The van der Waals surface area contributed by atoms with Crippen molar-refractivity contribution >= 4 is 73.3 Å². The molecule has 4 aliphatic rings. The second kappa shape index (κ2) is 11.7. The fourth-order valence-corrected chi connectivity index (χ4v) is 11.8. The number of aryl methyl sites for hydroxylation is 2. The quantitative estimate of drug-likeness (QED) is 0.166. The molecule has 11 rings (SSSR count). The third-order valence-electron chi connectivity index (χ3n) is 15.2. The molecule has 58 heavy (non-hydrogen) atoms. The number of benzene rings is 6. The van der Waals surface area contributed by atoms with E-state index in [0.29, 0.717) is 0 Å². The SMILES string of the molecule is Cc1cccc(N(c2cc3c4c(c2)-n2c5ccc(C(C)(C)C)cc5c5cc(C(C)(C)C)cc(c52)B4c2cccc4c2N3C2(C)CCCCC42C)c2ccccc2C)c1. The van der Waals surface area contributed by atoms with E-state index in [4.69, 9.17) is 0 Å². The number of anilines is 5. The maximum atomic E-state index is 2.88. The number of aromatic nitrogens is 1. The molecule has 1 fully saturated rings. The van der Waals surface area contributed by atoms with Gasteiger partial charge in [0.15, 0.2) is 0 Å². The first-order valence-electron chi connectivity index (χ1n) is 21.8. The monoisotopic (exact) mass is 757 g/mol. The molecule has 0 N–H and O–H groups in total. The lowest BCUT2D eigenvalue weighted by atomic mass is 9.33. The smallest absolute Gasteiger partial charge is 0.252 e. The van der Waals surface area contributed by atoms with Gasteiger partial charge in [0.05, 0.1) is 16.7 Å². The zero-order chi connectivity index (χ0) is 40.3. The van der Waals surface area contributed by atoms with Crippen molar-refractivity contribution in [1.82, 2.24) is 4.57 Å². The molecule has 0 saturated heterocycles. The molecule has 1 aromatic heterocycles. The van der Waals surface area contributed by atoms with Crippen LogP contribution in [0.25, 0.3) is 27.5 Å². The normalized spacial score (nSPS) is 20.4. The van der Waals surface area contributed by atoms with Crippen LogP contribution in [0.4, 0.5) is 28.4 Å². The summed E-state index contributed by atoms with van der Waals surface area (Å²) in [6.07, 6.45) is 4.93. The highest BCUT2D eigenvalue weighted by Crippen LogP contribution is 2.62. The van der Waals surface area contributed by atoms with E-state index in [1.165, 1.54) is 120 Å². The maximum absolute atomic E-state index is 2.88. The first kappa shape index (κ1) is 35.9. The molecule has 0 bridgehead atoms. The Morgan fingerprint density at radius 2 is 1.36 bits per heavy atom. The van der Waals surface area contributed by atoms with Gasteiger partial charge in [0.1, 0.15) is 0 Å². The fraction of sp³-hybridized carbons (Fsp3) is 0.333. The van der Waals surface area contributed by atoms with Gasteiger partial charge in [-0.15, -0.1) is 0 Å². The largest absolute Gasteiger partial charge is 0.335 e. The Morgan fingerprint density at radius 1 is 0.638 bits per heavy atom. The van der Waals surface area contributed by atoms with Crippen molar-refractivity contribution < 1.29 is 0 Å². The van der Waals surface area contributed by atoms with E-state index in [2.05, 4.69) is 193 Å². The summed E-state index contributed by atoms with van der Waals surface area (Å²) in [4.78, 5) is 5.41. The topological polar surface area (TPSA) is 11.4 Å². The molecular weight excluding hydrogens is 701 g/mol. The van der Waals surface area contributed by atoms with Crippen molar-refractivity contribution in [3.8, 4) is 5.69 Å². The van der Waals surface area contributed by atoms with E-state index in [9.17, 15) is 0 Å². The molecule has 6 aromatic carbocycles. The second-order valence-corrected chi connectivity index (χ2v) is 20.7. The first-order valence-corrected chi connectivity index (χ1v) is 21.8. The number of fused-ring (bicyclic) bond motifs is 10. The summed E-state index contributed by atoms with van der Waals surface area (Å²) in [5.74, 6) is 0. The van der Waals surface area contributed by atoms with E-state index < -0.39 is 0 Å². The number of hydrogen-bond donors (Lipinski definition) is 0. The number of nitrogens with zero attached hydrogens (tertiary/aromatic N) is 3. The molecular formula is C54H56BN3. The molecule has 0 spiro atoms. The van der Waals surface area contributed by atoms with Crippen LogP contribution in [0.15, 0.2) is 109 Å². The van der Waals surface area contributed by atoms with Crippen molar-refractivity contribution in [1.29, 1.82) is 0 Å². The van der Waals surface area contributed by atoms with Crippen LogP contribution in [0.3, 0.4) is 0 Å². The van der Waals surface area contributed by atoms with Crippen LogP contribution in [-0.4, -0.2) is 16.8 Å². The Hall–Kier alpha value is -5.22. The molecule has 3 aliphatic heterocycles. The minimum atomic E-state index is -0.0545. The lowest BCUT2D eigenvalue weighted by Crippen LogP contribution is -2.64. The van der Waals surface area contributed by atoms with E-state index in [1.807, 2.05) is 0 Å². The van der Waals surface area contributed by atoms with Crippen molar-refractivity contribution in [3.05, 3.63) is 137 Å². The molecule has 2 unspecified atom stereocenters. The molecule has 3 nitrogen and oxygen atoms in total. The van der Waals surface area contributed by atoms with Crippen LogP contribution in [0.2, 0.25) is 0 Å². The number of hydrogen-bond acceptors (Lipinski definition) is 2. The highest BCUT2D eigenvalue weighted by Gasteiger charge is 2.61. The van der Waals surface area contributed by atoms with Crippen LogP contribution in [0.5, 0.6) is 0 Å². The summed E-state index contributed by atoms with van der Waals surface area (Å²) in [7, 11) is 0. The highest BCUT2D eigenvalue weighted by atomic mass is 15.3. The molecule has 1 saturated carbocycles. The first-order chi connectivity index (χ1) is 27.6. The van der Waals surface area contributed by atoms with Gasteiger partial charge in [-0.2, -0.15) is 0 Å². The van der Waals surface area contributed by atoms with Crippen molar-refractivity contribution in [3.63, 3.8) is 0 Å². The Bertz CT molecular complexity index is 2900. The van der Waals surface area contributed by atoms with Gasteiger partial charge in [-0.3, -0.25) is 0 Å². The van der Waals surface area contributed by atoms with Crippen LogP contribution in [0, 0.1) is 13.8 Å². The predicted octanol–water partition coefficient (Wildman–Crippen LogP) is 12.4. The third kappa shape index (κ3) is 4.64. The zero-order valence-corrected chi connectivity index (χ0v) is 36.1. The van der Waals surface area contributed by atoms with E-state index in [-0.39, 0.29) is 28.5 Å². The minimum absolute atomic E-state index is 0.00912. The predicted molar refractivity (Wildman–Crippen MR) is 250 cm³/mol. The standard InChI is InChI=1S/C54H56BN3/c1-33-17-15-19-37(27-33)56(44-22-12-11-18-34(44)2)38-31-46-48-47(32-38)58-50-41(53(9)25-13-14-26-54(53,58)10)20-16-21-42(50)55(48)43-30-36(52(6,7)8)29-40-39-28-35(51(3,4)5)23-24-45(39)57(46)49(40)43/h11-12,15-24,27-32H,13-14,25-26H2,1-10H3. The third-order valence-corrected chi connectivity index (χ3v) is 15.2. The fourth-order valence-electron chi connectivity index (χ4n) is 11.8. The van der Waals surface area contributed by atoms with Gasteiger partial charge in [0.25, 0.3) is 6.71 Å². The molecule has 0 amide bonds. The summed E-state index contributed by atoms with van der Waals surface area (Å²) in [6, 6.07) is 42.9. The van der Waals surface area contributed by atoms with Crippen molar-refractivity contribution in [2.45, 2.75) is 117 Å². The van der Waals surface area contributed by atoms with Gasteiger partial charge >= 0.3 is 0 Å². The lowest BCUT2D eigenvalue weighted by molar-refractivity contribution is 0.195. The molecule has 2 atom stereocenters. The Kier molecular flexibility index (Phi) is 7.25. The Morgan fingerprint density at radius 3 is 2.12 bits per heavy atom. The number of rotatable bonds is 3. The van der Waals surface area contributed by atoms with Crippen LogP contribution in [0.1, 0.15) is 109 Å². The van der Waals surface area contributed by atoms with Crippen LogP contribution >= 0.6 is 0 Å². The van der Waals surface area contributed by atoms with E-state index in [0.717, 1.165) is 0 Å². The summed E-state index contributed by atoms with van der Waals surface area (Å²) in [6.45, 7) is 24.0. The van der Waals surface area contributed by atoms with Gasteiger partial charge in [-0.05, 0) is 137 Å². The van der Waals surface area contributed by atoms with Gasteiger partial charge in [0, 0.05) is 50.1 Å². The molecule has 4 heterocycles. The summed E-state index contributed by atoms with van der Waals surface area (Å²) in [5.41, 5.74) is 21.7. The van der Waals surface area contributed by atoms with Crippen molar-refractivity contribution in [2.75, 3.05) is 9.80 Å². The average molecular weight is 758 g/mol. The molecule has 290 valence electrons. The summed E-state index contributed by atoms with van der Waals surface area (Å²) < 4.78 is 2.68. The van der Waals surface area contributed by atoms with Gasteiger partial charge in [-0.1, -0.05) is 122 Å². The molecule has 7 aromatic rings. The van der Waals surface area contributed by atoms with Crippen molar-refractivity contribution in [2.24, 2.45) is 0 Å². The average Bonchev–Trinajstić information content (AvgIpc) is 3.62. The highest BCUT2D eigenvalue weighted by molar-refractivity contribution is 7.00. The maximum Gasteiger partial charge on any atom is 0.252 e. The summed E-state index contributed by atoms with van der Waals surface area (Å²) >= 11 is 0. The second-order valence-electron chi connectivity index (χ2n) is 20.7. The van der Waals surface area contributed by atoms with E-state index in [1.54, 1.807) is 5.56 Å². The summed E-state index contributed by atoms with van der Waals surface area (Å²) in [5, 5.41) is 2.73. The van der Waals surface area contributed by atoms with E-state index >= 15 is 0 Å². The van der Waals surface area contributed by atoms with Gasteiger partial charge in [-0.25, -0.2) is 0 Å². The van der Waals surface area contributed by atoms with Gasteiger partial charge < -0.3 is 14.4 Å². The number of para-hydroxylation sites is 2. The Labute approximate surface area is 345 Å². The molecule has 4 heteroatoms. The van der Waals surface area contributed by atoms with Gasteiger partial charge in [0.2, 0.25) is 0 Å². The lowest BCUT2D eigenvalue weighted by Gasteiger charge is -2.52. The molecule has 1 aliphatic carbocycles. The Balaban J connectivity index is 1.33. The van der Waals surface area contributed by atoms with Crippen LogP contribution < -0.4 is 26.2 Å². The van der Waals surface area contributed by atoms with Crippen LogP contribution in [-0.2, 0) is 16.2 Å². The zero-order valence-electron chi connectivity index (χ0n) is 36.1. The minimum Gasteiger partial charge on any atom is -0.335 e. The molecule has 0 radical (unpaired) electrons.